The van der Waals surface area contributed by atoms with Crippen LogP contribution in [0.5, 0.6) is 0 Å². The van der Waals surface area contributed by atoms with Gasteiger partial charge in [0.1, 0.15) is 11.6 Å². The second-order valence-electron chi connectivity index (χ2n) is 5.23. The maximum Gasteiger partial charge on any atom is 0.158 e. The molecule has 1 N–H and O–H groups in total. The van der Waals surface area contributed by atoms with Gasteiger partial charge in [-0.05, 0) is 44.5 Å². The molecule has 0 unspecified atom stereocenters. The van der Waals surface area contributed by atoms with Gasteiger partial charge in [-0.2, -0.15) is 0 Å². The molecule has 106 valence electrons. The molecule has 0 aliphatic heterocycles. The number of nitrogens with one attached hydrogen (secondary N) is 1. The molecular weight excluding hydrogens is 265 g/mol. The van der Waals surface area contributed by atoms with Crippen LogP contribution in [0.1, 0.15) is 24.9 Å². The molecule has 1 heterocycles. The number of halogens is 1. The minimum atomic E-state index is -0.252. The lowest BCUT2D eigenvalue weighted by atomic mass is 10.1. The number of allylic oxidation sites excluding steroid dienone is 4. The molecule has 0 fully saturated rings. The molecule has 4 heteroatoms. The summed E-state index contributed by atoms with van der Waals surface area (Å²) in [6.07, 6.45) is 5.04. The Balaban J connectivity index is 1.86. The van der Waals surface area contributed by atoms with Crippen molar-refractivity contribution in [3.63, 3.8) is 0 Å². The number of hydrogen-bond acceptors (Lipinski definition) is 3. The normalized spacial score (nSPS) is 13.9. The topological polar surface area (TPSA) is 37.8 Å². The van der Waals surface area contributed by atoms with Crippen LogP contribution in [0.3, 0.4) is 0 Å². The molecule has 0 atom stereocenters. The zero-order chi connectivity index (χ0) is 14.8. The number of benzene rings is 1. The fourth-order valence-corrected chi connectivity index (χ4v) is 2.27. The Morgan fingerprint density at radius 2 is 1.81 bits per heavy atom. The van der Waals surface area contributed by atoms with Gasteiger partial charge < -0.3 is 5.32 Å². The molecule has 1 aliphatic carbocycles. The summed E-state index contributed by atoms with van der Waals surface area (Å²) in [6.45, 7) is 4.04. The quantitative estimate of drug-likeness (QED) is 0.906. The first kappa shape index (κ1) is 13.5. The molecule has 21 heavy (non-hydrogen) atoms. The number of anilines is 2. The Morgan fingerprint density at radius 3 is 2.48 bits per heavy atom. The lowest BCUT2D eigenvalue weighted by Crippen LogP contribution is -2.01. The van der Waals surface area contributed by atoms with Crippen molar-refractivity contribution in [1.29, 1.82) is 0 Å². The van der Waals surface area contributed by atoms with E-state index in [1.165, 1.54) is 17.7 Å². The van der Waals surface area contributed by atoms with Gasteiger partial charge in [-0.25, -0.2) is 14.4 Å². The molecule has 1 aliphatic rings. The minimum absolute atomic E-state index is 0.252. The monoisotopic (exact) mass is 281 g/mol. The zero-order valence-corrected chi connectivity index (χ0v) is 12.0. The van der Waals surface area contributed by atoms with Crippen molar-refractivity contribution < 1.29 is 4.39 Å². The molecule has 0 saturated carbocycles. The molecule has 2 aromatic rings. The van der Waals surface area contributed by atoms with E-state index in [-0.39, 0.29) is 5.82 Å². The standard InChI is InChI=1S/C17H16FN3/c1-11-3-4-13(9-11)17-19-12(2)10-16(21-17)20-15-7-5-14(18)6-8-15/h3-8,10H,9H2,1-2H3,(H,19,20,21). The molecule has 1 aromatic carbocycles. The fraction of sp³-hybridized carbons (Fsp3) is 0.176. The molecule has 0 radical (unpaired) electrons. The molecule has 1 aromatic heterocycles. The summed E-state index contributed by atoms with van der Waals surface area (Å²) < 4.78 is 12.9. The molecule has 3 nitrogen and oxygen atoms in total. The zero-order valence-electron chi connectivity index (χ0n) is 12.0. The highest BCUT2D eigenvalue weighted by Crippen LogP contribution is 2.27. The van der Waals surface area contributed by atoms with Gasteiger partial charge in [0, 0.05) is 23.0 Å². The van der Waals surface area contributed by atoms with Crippen molar-refractivity contribution in [3.8, 4) is 0 Å². The van der Waals surface area contributed by atoms with Crippen LogP contribution in [-0.4, -0.2) is 9.97 Å². The van der Waals surface area contributed by atoms with Gasteiger partial charge in [0.2, 0.25) is 0 Å². The second-order valence-corrected chi connectivity index (χ2v) is 5.23. The number of rotatable bonds is 3. The first-order valence-corrected chi connectivity index (χ1v) is 6.85. The maximum absolute atomic E-state index is 12.9. The van der Waals surface area contributed by atoms with Crippen molar-refractivity contribution in [2.45, 2.75) is 20.3 Å². The van der Waals surface area contributed by atoms with Gasteiger partial charge in [-0.15, -0.1) is 0 Å². The highest BCUT2D eigenvalue weighted by molar-refractivity contribution is 5.69. The number of aryl methyl sites for hydroxylation is 1. The van der Waals surface area contributed by atoms with E-state index in [2.05, 4.69) is 34.4 Å². The van der Waals surface area contributed by atoms with Crippen LogP contribution >= 0.6 is 0 Å². The predicted molar refractivity (Wildman–Crippen MR) is 82.8 cm³/mol. The van der Waals surface area contributed by atoms with E-state index in [1.54, 1.807) is 12.1 Å². The van der Waals surface area contributed by atoms with Gasteiger partial charge in [0.05, 0.1) is 0 Å². The van der Waals surface area contributed by atoms with Gasteiger partial charge in [0.25, 0.3) is 0 Å². The fourth-order valence-electron chi connectivity index (χ4n) is 2.27. The van der Waals surface area contributed by atoms with Crippen LogP contribution in [0.4, 0.5) is 15.9 Å². The van der Waals surface area contributed by atoms with Crippen LogP contribution in [0.2, 0.25) is 0 Å². The van der Waals surface area contributed by atoms with Gasteiger partial charge in [-0.1, -0.05) is 17.7 Å². The van der Waals surface area contributed by atoms with Crippen molar-refractivity contribution in [2.24, 2.45) is 0 Å². The van der Waals surface area contributed by atoms with Crippen molar-refractivity contribution in [1.82, 2.24) is 9.97 Å². The summed E-state index contributed by atoms with van der Waals surface area (Å²) in [5.74, 6) is 1.21. The Morgan fingerprint density at radius 1 is 1.05 bits per heavy atom. The van der Waals surface area contributed by atoms with Gasteiger partial charge in [-0.3, -0.25) is 0 Å². The Hall–Kier alpha value is -2.49. The number of aromatic nitrogens is 2. The molecule has 0 spiro atoms. The van der Waals surface area contributed by atoms with Gasteiger partial charge >= 0.3 is 0 Å². The summed E-state index contributed by atoms with van der Waals surface area (Å²) in [5.41, 5.74) is 4.13. The maximum atomic E-state index is 12.9. The molecule has 3 rings (SSSR count). The second kappa shape index (κ2) is 5.48. The Labute approximate surface area is 123 Å². The SMILES string of the molecule is CC1=CC=C(c2nc(C)cc(Nc3ccc(F)cc3)n2)C1. The highest BCUT2D eigenvalue weighted by Gasteiger charge is 2.11. The Kier molecular flexibility index (Phi) is 3.52. The summed E-state index contributed by atoms with van der Waals surface area (Å²) in [6, 6.07) is 8.09. The number of hydrogen-bond donors (Lipinski definition) is 1. The lowest BCUT2D eigenvalue weighted by molar-refractivity contribution is 0.628. The average Bonchev–Trinajstić information content (AvgIpc) is 2.88. The van der Waals surface area contributed by atoms with Crippen molar-refractivity contribution in [3.05, 3.63) is 65.4 Å². The first-order chi connectivity index (χ1) is 10.1. The van der Waals surface area contributed by atoms with Crippen LogP contribution in [0.25, 0.3) is 5.57 Å². The third-order valence-electron chi connectivity index (χ3n) is 3.30. The minimum Gasteiger partial charge on any atom is -0.340 e. The predicted octanol–water partition coefficient (Wildman–Crippen LogP) is 4.40. The average molecular weight is 281 g/mol. The van der Waals surface area contributed by atoms with E-state index in [0.29, 0.717) is 0 Å². The van der Waals surface area contributed by atoms with Crippen LogP contribution in [0.15, 0.2) is 48.1 Å². The summed E-state index contributed by atoms with van der Waals surface area (Å²) >= 11 is 0. The molecule has 0 bridgehead atoms. The largest absolute Gasteiger partial charge is 0.340 e. The van der Waals surface area contributed by atoms with Crippen LogP contribution < -0.4 is 5.32 Å². The van der Waals surface area contributed by atoms with E-state index < -0.39 is 0 Å². The van der Waals surface area contributed by atoms with E-state index in [9.17, 15) is 4.39 Å². The van der Waals surface area contributed by atoms with Crippen molar-refractivity contribution >= 4 is 17.1 Å². The van der Waals surface area contributed by atoms with Crippen LogP contribution in [0, 0.1) is 12.7 Å². The summed E-state index contributed by atoms with van der Waals surface area (Å²) in [5, 5.41) is 3.19. The molecular formula is C17H16FN3. The van der Waals surface area contributed by atoms with E-state index in [0.717, 1.165) is 35.0 Å². The number of nitrogens with zero attached hydrogens (tertiary/aromatic N) is 2. The summed E-state index contributed by atoms with van der Waals surface area (Å²) in [4.78, 5) is 9.04. The van der Waals surface area contributed by atoms with E-state index >= 15 is 0 Å². The Bertz CT molecular complexity index is 730. The molecule has 0 saturated heterocycles. The van der Waals surface area contributed by atoms with E-state index in [4.69, 9.17) is 0 Å². The van der Waals surface area contributed by atoms with Crippen molar-refractivity contribution in [2.75, 3.05) is 5.32 Å². The smallest absolute Gasteiger partial charge is 0.158 e. The van der Waals surface area contributed by atoms with Crippen LogP contribution in [-0.2, 0) is 0 Å². The van der Waals surface area contributed by atoms with E-state index in [1.807, 2.05) is 13.0 Å². The van der Waals surface area contributed by atoms with Gasteiger partial charge in [0.15, 0.2) is 5.82 Å². The third-order valence-corrected chi connectivity index (χ3v) is 3.30. The molecule has 0 amide bonds. The summed E-state index contributed by atoms with van der Waals surface area (Å²) in [7, 11) is 0. The first-order valence-electron chi connectivity index (χ1n) is 6.85. The lowest BCUT2D eigenvalue weighted by Gasteiger charge is -2.09. The highest BCUT2D eigenvalue weighted by atomic mass is 19.1. The third kappa shape index (κ3) is 3.16.